The number of urea groups is 1. The van der Waals surface area contributed by atoms with Crippen molar-refractivity contribution in [1.82, 2.24) is 21.3 Å². The van der Waals surface area contributed by atoms with E-state index in [1.165, 1.54) is 44.4 Å². The number of aliphatic hydroxyl groups excluding tert-OH is 1. The van der Waals surface area contributed by atoms with Gasteiger partial charge < -0.3 is 84.9 Å². The highest BCUT2D eigenvalue weighted by Gasteiger charge is 2.64. The third-order valence-corrected chi connectivity index (χ3v) is 17.8. The predicted molar refractivity (Wildman–Crippen MR) is 331 cm³/mol. The Hall–Kier alpha value is -5.42. The molecule has 5 rings (SSSR count). The van der Waals surface area contributed by atoms with Crippen molar-refractivity contribution in [3.05, 3.63) is 64.7 Å². The molecule has 0 aliphatic carbocycles. The number of benzene rings is 2. The number of halogens is 3. The third-order valence-electron chi connectivity index (χ3n) is 15.5. The van der Waals surface area contributed by atoms with Crippen LogP contribution in [0.2, 0.25) is 5.02 Å². The smallest absolute Gasteiger partial charge is 0.409 e. The van der Waals surface area contributed by atoms with Gasteiger partial charge in [0, 0.05) is 55.5 Å². The topological polar surface area (TPSA) is 329 Å². The van der Waals surface area contributed by atoms with E-state index in [1.54, 1.807) is 59.0 Å². The van der Waals surface area contributed by atoms with Crippen LogP contribution in [0.3, 0.4) is 0 Å². The molecule has 2 fully saturated rings. The number of allylic oxidation sites excluding steroid dienone is 3. The SMILES string of the molecule is COc1cc(NC(O)O[C@H]2CC(=O)N(C)c3cc(cc(OC)c3Cl)C/C(C)=C/C=C/[C@@H](OC)[C@@]3(O)C[C@H](OC(=O)N3)[C@@H](C)[C@@H]3O[C@@]23C)ccc1NC(=O)[C@H](CCCNC(N)=O)NC(=O)[C@@H](NC(C=O)CCCC(C)(C)OC(C=O)(CBr)CBr)C(C)C. The number of hydrogen-bond donors (Lipinski definition) is 9. The molecule has 86 heavy (non-hydrogen) atoms. The number of alkyl carbamates (subject to hydrolysis) is 1. The maximum absolute atomic E-state index is 14.5. The number of nitrogens with two attached hydrogens (primary N) is 1. The second-order valence-corrected chi connectivity index (χ2v) is 24.7. The van der Waals surface area contributed by atoms with Crippen molar-refractivity contribution in [1.29, 1.82) is 0 Å². The number of aldehydes is 2. The normalized spacial score (nSPS) is 25.1. The molecule has 3 aliphatic heterocycles. The molecule has 3 heterocycles. The second kappa shape index (κ2) is 31.7. The first kappa shape index (κ1) is 71.3. The number of amides is 6. The van der Waals surface area contributed by atoms with Crippen molar-refractivity contribution in [2.24, 2.45) is 17.6 Å². The number of rotatable bonds is 28. The van der Waals surface area contributed by atoms with Gasteiger partial charge in [0.1, 0.15) is 58.4 Å². The molecule has 2 aromatic rings. The first-order chi connectivity index (χ1) is 40.5. The Morgan fingerprint density at radius 3 is 2.35 bits per heavy atom. The van der Waals surface area contributed by atoms with Crippen molar-refractivity contribution in [3.63, 3.8) is 0 Å². The van der Waals surface area contributed by atoms with E-state index in [-0.39, 0.29) is 71.0 Å². The number of ether oxygens (including phenoxy) is 7. The summed E-state index contributed by atoms with van der Waals surface area (Å²) in [5.74, 6) is -2.19. The Morgan fingerprint density at radius 2 is 1.73 bits per heavy atom. The number of epoxide rings is 1. The predicted octanol–water partition coefficient (Wildman–Crippen LogP) is 6.28. The summed E-state index contributed by atoms with van der Waals surface area (Å²) < 4.78 is 41.6. The van der Waals surface area contributed by atoms with Crippen molar-refractivity contribution < 1.29 is 76.9 Å². The van der Waals surface area contributed by atoms with Crippen molar-refractivity contribution >= 4 is 103 Å². The third kappa shape index (κ3) is 19.0. The lowest BCUT2D eigenvalue weighted by Crippen LogP contribution is -2.63. The van der Waals surface area contributed by atoms with Gasteiger partial charge in [0.05, 0.1) is 55.8 Å². The summed E-state index contributed by atoms with van der Waals surface area (Å²) in [4.78, 5) is 93.2. The lowest BCUT2D eigenvalue weighted by atomic mass is 9.83. The number of fused-ring (bicyclic) bond motifs is 5. The number of methoxy groups -OCH3 is 3. The van der Waals surface area contributed by atoms with Gasteiger partial charge in [-0.2, -0.15) is 0 Å². The van der Waals surface area contributed by atoms with E-state index in [1.807, 2.05) is 26.8 Å². The van der Waals surface area contributed by atoms with Crippen LogP contribution < -0.4 is 52.0 Å². The average molecular weight is 1360 g/mol. The molecule has 2 aromatic carbocycles. The summed E-state index contributed by atoms with van der Waals surface area (Å²) in [6.45, 7) is 12.8. The number of hydrogen-bond acceptors (Lipinski definition) is 18. The Morgan fingerprint density at radius 1 is 1.03 bits per heavy atom. The zero-order valence-corrected chi connectivity index (χ0v) is 54.5. The molecule has 24 nitrogen and oxygen atoms in total. The van der Waals surface area contributed by atoms with Crippen LogP contribution in [0, 0.1) is 11.8 Å². The largest absolute Gasteiger partial charge is 0.495 e. The standard InChI is InChI=1S/C59H85Br2ClN8O16/c1-33(2)49(65-38(29-71)16-13-21-56(5,6)86-58(30-60,31-61)32-72)52(75)68-40(17-14-22-64-53(63)76)51(74)67-39-20-19-37(26-42(39)80-9)66-54(77)84-46-27-47(73)70(8)41-24-36(25-43(81-10)48(41)62)23-34(3)15-12-18-45(82-11)59(79)28-44(83-55(78)69-59)35(4)50-57(46,7)85-50/h12,15,18-20,24-26,29,32-33,35,38,40,44-46,49-50,54,65-66,77,79H,13-14,16-17,21-23,27-28,30-31H2,1-11H3,(H,67,74)(H,68,75)(H,69,78)(H3,63,64,76)/b18-12+,34-15+/t35-,38?,40+,44+,45-,46+,49+,50+,54?,57+,59+/m1/s1. The highest BCUT2D eigenvalue weighted by atomic mass is 79.9. The van der Waals surface area contributed by atoms with Gasteiger partial charge in [0.15, 0.2) is 12.0 Å². The number of anilines is 3. The molecular formula is C59H85Br2ClN8O16. The lowest BCUT2D eigenvalue weighted by molar-refractivity contribution is -0.148. The van der Waals surface area contributed by atoms with Gasteiger partial charge >= 0.3 is 12.1 Å². The zero-order chi connectivity index (χ0) is 63.9. The van der Waals surface area contributed by atoms with Gasteiger partial charge in [0.25, 0.3) is 0 Å². The number of carbonyl (C=O) groups is 7. The summed E-state index contributed by atoms with van der Waals surface area (Å²) in [5.41, 5.74) is 2.70. The number of carbonyl (C=O) groups excluding carboxylic acids is 7. The van der Waals surface area contributed by atoms with Crippen molar-refractivity contribution in [3.8, 4) is 11.5 Å². The molecule has 11 atom stereocenters. The number of primary amides is 1. The molecular weight excluding hydrogens is 1270 g/mol. The summed E-state index contributed by atoms with van der Waals surface area (Å²) in [6, 6.07) is 4.41. The molecule has 2 saturated heterocycles. The van der Waals surface area contributed by atoms with Gasteiger partial charge in [-0.3, -0.25) is 25.0 Å². The van der Waals surface area contributed by atoms with E-state index in [0.29, 0.717) is 37.1 Å². The number of nitrogens with zero attached hydrogens (tertiary/aromatic N) is 1. The van der Waals surface area contributed by atoms with Gasteiger partial charge in [-0.05, 0) is 102 Å². The van der Waals surface area contributed by atoms with Crippen molar-refractivity contribution in [2.75, 3.05) is 61.1 Å². The molecule has 0 saturated carbocycles. The van der Waals surface area contributed by atoms with Gasteiger partial charge in [0.2, 0.25) is 24.1 Å². The molecule has 3 aliphatic rings. The van der Waals surface area contributed by atoms with E-state index >= 15 is 0 Å². The van der Waals surface area contributed by atoms with E-state index in [0.717, 1.165) is 23.7 Å². The number of nitrogens with one attached hydrogen (secondary N) is 6. The minimum atomic E-state index is -1.89. The van der Waals surface area contributed by atoms with Gasteiger partial charge in [-0.25, -0.2) is 9.59 Å². The minimum Gasteiger partial charge on any atom is -0.495 e. The average Bonchev–Trinajstić information content (AvgIpc) is 1.62. The van der Waals surface area contributed by atoms with Crippen LogP contribution in [0.1, 0.15) is 99.0 Å². The van der Waals surface area contributed by atoms with Crippen LogP contribution in [-0.2, 0) is 54.1 Å². The van der Waals surface area contributed by atoms with E-state index in [2.05, 4.69) is 63.8 Å². The molecule has 2 unspecified atom stereocenters. The number of alkyl halides is 2. The molecule has 6 amide bonds. The fraction of sp³-hybridized carbons (Fsp3) is 0.610. The number of aliphatic hydroxyl groups is 2. The molecule has 0 aromatic heterocycles. The van der Waals surface area contributed by atoms with Gasteiger partial charge in [-0.1, -0.05) is 88.0 Å². The summed E-state index contributed by atoms with van der Waals surface area (Å²) in [6.07, 6.45) is 1.68. The van der Waals surface area contributed by atoms with Crippen LogP contribution >= 0.6 is 43.5 Å². The Balaban J connectivity index is 1.36. The van der Waals surface area contributed by atoms with E-state index < -0.39 is 107 Å². The van der Waals surface area contributed by atoms with E-state index in [4.69, 9.17) is 50.5 Å². The van der Waals surface area contributed by atoms with Crippen LogP contribution in [0.4, 0.5) is 26.7 Å². The monoisotopic (exact) mass is 1350 g/mol. The molecule has 0 spiro atoms. The Kier molecular flexibility index (Phi) is 26.3. The molecule has 478 valence electrons. The van der Waals surface area contributed by atoms with Crippen LogP contribution in [0.15, 0.2) is 54.1 Å². The van der Waals surface area contributed by atoms with Crippen LogP contribution in [-0.4, -0.2) is 170 Å². The molecule has 0 radical (unpaired) electrons. The molecule has 27 heteroatoms. The highest BCUT2D eigenvalue weighted by molar-refractivity contribution is 9.10. The Labute approximate surface area is 524 Å². The van der Waals surface area contributed by atoms with Crippen molar-refractivity contribution in [2.45, 2.75) is 171 Å². The lowest BCUT2D eigenvalue weighted by Gasteiger charge is -2.42. The maximum Gasteiger partial charge on any atom is 0.409 e. The molecule has 4 bridgehead atoms. The van der Waals surface area contributed by atoms with Gasteiger partial charge in [-0.15, -0.1) is 0 Å². The van der Waals surface area contributed by atoms with Crippen LogP contribution in [0.5, 0.6) is 11.5 Å². The second-order valence-electron chi connectivity index (χ2n) is 23.2. The Bertz CT molecular complexity index is 2770. The fourth-order valence-electron chi connectivity index (χ4n) is 10.6. The van der Waals surface area contributed by atoms with E-state index in [9.17, 15) is 43.8 Å². The summed E-state index contributed by atoms with van der Waals surface area (Å²) >= 11 is 13.6. The quantitative estimate of drug-likeness (QED) is 0.0149. The fourth-order valence-corrected chi connectivity index (χ4v) is 12.4. The first-order valence-electron chi connectivity index (χ1n) is 28.4. The highest BCUT2D eigenvalue weighted by Crippen LogP contribution is 2.49. The zero-order valence-electron chi connectivity index (χ0n) is 50.6. The minimum absolute atomic E-state index is 0.0508. The van der Waals surface area contributed by atoms with Crippen LogP contribution in [0.25, 0.3) is 0 Å². The first-order valence-corrected chi connectivity index (χ1v) is 31.0. The molecule has 10 N–H and O–H groups in total. The maximum atomic E-state index is 14.5. The summed E-state index contributed by atoms with van der Waals surface area (Å²) in [7, 11) is 5.79. The summed E-state index contributed by atoms with van der Waals surface area (Å²) in [5, 5.41) is 41.1.